The van der Waals surface area contributed by atoms with Gasteiger partial charge < -0.3 is 10.6 Å². The number of halogens is 3. The van der Waals surface area contributed by atoms with Crippen LogP contribution in [-0.2, 0) is 4.79 Å². The summed E-state index contributed by atoms with van der Waals surface area (Å²) >= 11 is 2.96. The normalized spacial score (nSPS) is 16.6. The Bertz CT molecular complexity index is 462. The molecule has 6 heteroatoms. The summed E-state index contributed by atoms with van der Waals surface area (Å²) in [4.78, 5) is 11.9. The van der Waals surface area contributed by atoms with Gasteiger partial charge in [-0.1, -0.05) is 0 Å². The fourth-order valence-electron chi connectivity index (χ4n) is 1.94. The third-order valence-electron chi connectivity index (χ3n) is 2.98. The molecule has 0 saturated carbocycles. The van der Waals surface area contributed by atoms with Gasteiger partial charge in [0.05, 0.1) is 10.2 Å². The predicted molar refractivity (Wildman–Crippen MR) is 68.3 cm³/mol. The van der Waals surface area contributed by atoms with Crippen LogP contribution in [0.15, 0.2) is 16.6 Å². The van der Waals surface area contributed by atoms with Crippen molar-refractivity contribution in [1.29, 1.82) is 0 Å². The van der Waals surface area contributed by atoms with E-state index in [1.807, 2.05) is 0 Å². The van der Waals surface area contributed by atoms with Gasteiger partial charge in [-0.15, -0.1) is 0 Å². The zero-order chi connectivity index (χ0) is 13.1. The number of amides is 1. The number of carbonyl (C=O) groups excluding carboxylic acids is 1. The molecule has 98 valence electrons. The highest BCUT2D eigenvalue weighted by atomic mass is 79.9. The lowest BCUT2D eigenvalue weighted by Crippen LogP contribution is -2.34. The topological polar surface area (TPSA) is 41.1 Å². The molecule has 0 unspecified atom stereocenters. The van der Waals surface area contributed by atoms with Gasteiger partial charge in [-0.25, -0.2) is 8.78 Å². The Labute approximate surface area is 112 Å². The van der Waals surface area contributed by atoms with E-state index in [0.29, 0.717) is 0 Å². The van der Waals surface area contributed by atoms with Crippen molar-refractivity contribution in [3.63, 3.8) is 0 Å². The molecule has 1 aromatic carbocycles. The highest BCUT2D eigenvalue weighted by molar-refractivity contribution is 9.10. The number of benzene rings is 1. The van der Waals surface area contributed by atoms with E-state index in [0.717, 1.165) is 32.0 Å². The third-order valence-corrected chi connectivity index (χ3v) is 3.59. The number of hydrogen-bond donors (Lipinski definition) is 2. The number of rotatable bonds is 2. The van der Waals surface area contributed by atoms with E-state index >= 15 is 0 Å². The van der Waals surface area contributed by atoms with Gasteiger partial charge in [-0.3, -0.25) is 4.79 Å². The second kappa shape index (κ2) is 5.75. The van der Waals surface area contributed by atoms with Crippen molar-refractivity contribution in [2.24, 2.45) is 5.92 Å². The van der Waals surface area contributed by atoms with E-state index in [2.05, 4.69) is 26.6 Å². The molecule has 1 aliphatic rings. The van der Waals surface area contributed by atoms with Gasteiger partial charge in [0, 0.05) is 12.0 Å². The maximum absolute atomic E-state index is 13.5. The summed E-state index contributed by atoms with van der Waals surface area (Å²) in [5, 5.41) is 5.66. The lowest BCUT2D eigenvalue weighted by Gasteiger charge is -2.21. The first-order valence-corrected chi connectivity index (χ1v) is 6.53. The molecule has 0 radical (unpaired) electrons. The fourth-order valence-corrected chi connectivity index (χ4v) is 2.28. The minimum absolute atomic E-state index is 0.00630. The van der Waals surface area contributed by atoms with Crippen LogP contribution in [0.1, 0.15) is 12.8 Å². The molecule has 0 aliphatic carbocycles. The van der Waals surface area contributed by atoms with E-state index in [1.54, 1.807) is 0 Å². The van der Waals surface area contributed by atoms with Crippen molar-refractivity contribution >= 4 is 27.5 Å². The molecule has 1 aromatic rings. The third kappa shape index (κ3) is 3.05. The standard InChI is InChI=1S/C12H13BrF2N2O/c13-8-5-11(10(15)6-9(8)14)17-12(18)7-1-3-16-4-2-7/h5-7,16H,1-4H2,(H,17,18). The highest BCUT2D eigenvalue weighted by Crippen LogP contribution is 2.24. The minimum atomic E-state index is -0.766. The Morgan fingerprint density at radius 3 is 2.61 bits per heavy atom. The summed E-state index contributed by atoms with van der Waals surface area (Å²) in [6, 6.07) is 1.99. The Kier molecular flexibility index (Phi) is 4.29. The van der Waals surface area contributed by atoms with Crippen LogP contribution in [0.5, 0.6) is 0 Å². The first-order chi connectivity index (χ1) is 8.58. The molecule has 2 rings (SSSR count). The molecule has 1 aliphatic heterocycles. The van der Waals surface area contributed by atoms with Gasteiger partial charge in [0.1, 0.15) is 11.6 Å². The summed E-state index contributed by atoms with van der Waals surface area (Å²) in [6.45, 7) is 1.57. The second-order valence-corrected chi connectivity index (χ2v) is 5.11. The number of anilines is 1. The molecule has 18 heavy (non-hydrogen) atoms. The van der Waals surface area contributed by atoms with Crippen LogP contribution in [0.4, 0.5) is 14.5 Å². The maximum Gasteiger partial charge on any atom is 0.227 e. The highest BCUT2D eigenvalue weighted by Gasteiger charge is 2.22. The van der Waals surface area contributed by atoms with Crippen LogP contribution in [-0.4, -0.2) is 19.0 Å². The van der Waals surface area contributed by atoms with Crippen molar-refractivity contribution in [1.82, 2.24) is 5.32 Å². The number of nitrogens with one attached hydrogen (secondary N) is 2. The monoisotopic (exact) mass is 318 g/mol. The molecule has 0 spiro atoms. The minimum Gasteiger partial charge on any atom is -0.323 e. The molecule has 1 fully saturated rings. The summed E-state index contributed by atoms with van der Waals surface area (Å²) in [6.07, 6.45) is 1.46. The zero-order valence-corrected chi connectivity index (χ0v) is 11.2. The molecule has 1 saturated heterocycles. The largest absolute Gasteiger partial charge is 0.323 e. The number of hydrogen-bond acceptors (Lipinski definition) is 2. The van der Waals surface area contributed by atoms with E-state index in [4.69, 9.17) is 0 Å². The van der Waals surface area contributed by atoms with Crippen LogP contribution >= 0.6 is 15.9 Å². The van der Waals surface area contributed by atoms with Crippen LogP contribution in [0.25, 0.3) is 0 Å². The lowest BCUT2D eigenvalue weighted by molar-refractivity contribution is -0.120. The van der Waals surface area contributed by atoms with Crippen molar-refractivity contribution < 1.29 is 13.6 Å². The molecule has 0 bridgehead atoms. The molecular weight excluding hydrogens is 306 g/mol. The Morgan fingerprint density at radius 1 is 1.28 bits per heavy atom. The number of piperidine rings is 1. The molecular formula is C12H13BrF2N2O. The average molecular weight is 319 g/mol. The SMILES string of the molecule is O=C(Nc1cc(Br)c(F)cc1F)C1CCNCC1. The van der Waals surface area contributed by atoms with E-state index in [9.17, 15) is 13.6 Å². The van der Waals surface area contributed by atoms with Gasteiger partial charge in [0.15, 0.2) is 0 Å². The average Bonchev–Trinajstić information content (AvgIpc) is 2.37. The summed E-state index contributed by atoms with van der Waals surface area (Å²) in [5.41, 5.74) is 0.00630. The molecule has 0 aromatic heterocycles. The van der Waals surface area contributed by atoms with Crippen molar-refractivity contribution in [2.45, 2.75) is 12.8 Å². The molecule has 0 atom stereocenters. The van der Waals surface area contributed by atoms with Gasteiger partial charge in [0.25, 0.3) is 0 Å². The Morgan fingerprint density at radius 2 is 1.94 bits per heavy atom. The van der Waals surface area contributed by atoms with Gasteiger partial charge in [-0.05, 0) is 47.9 Å². The van der Waals surface area contributed by atoms with Crippen LogP contribution in [0.3, 0.4) is 0 Å². The van der Waals surface area contributed by atoms with Crippen molar-refractivity contribution in [3.05, 3.63) is 28.2 Å². The fraction of sp³-hybridized carbons (Fsp3) is 0.417. The van der Waals surface area contributed by atoms with Crippen LogP contribution in [0.2, 0.25) is 0 Å². The summed E-state index contributed by atoms with van der Waals surface area (Å²) in [5.74, 6) is -1.78. The molecule has 2 N–H and O–H groups in total. The summed E-state index contributed by atoms with van der Waals surface area (Å²) in [7, 11) is 0. The zero-order valence-electron chi connectivity index (χ0n) is 9.60. The molecule has 1 heterocycles. The van der Waals surface area contributed by atoms with Crippen molar-refractivity contribution in [2.75, 3.05) is 18.4 Å². The van der Waals surface area contributed by atoms with Gasteiger partial charge in [0.2, 0.25) is 5.91 Å². The Balaban J connectivity index is 2.08. The van der Waals surface area contributed by atoms with E-state index < -0.39 is 11.6 Å². The lowest BCUT2D eigenvalue weighted by atomic mass is 9.97. The predicted octanol–water partition coefficient (Wildman–Crippen LogP) is 2.67. The van der Waals surface area contributed by atoms with E-state index in [-0.39, 0.29) is 22.0 Å². The quantitative estimate of drug-likeness (QED) is 0.823. The molecule has 1 amide bonds. The van der Waals surface area contributed by atoms with Gasteiger partial charge >= 0.3 is 0 Å². The van der Waals surface area contributed by atoms with E-state index in [1.165, 1.54) is 6.07 Å². The number of carbonyl (C=O) groups is 1. The maximum atomic E-state index is 13.5. The van der Waals surface area contributed by atoms with Crippen molar-refractivity contribution in [3.8, 4) is 0 Å². The molecule has 3 nitrogen and oxygen atoms in total. The smallest absolute Gasteiger partial charge is 0.227 e. The first-order valence-electron chi connectivity index (χ1n) is 5.74. The Hall–Kier alpha value is -1.01. The summed E-state index contributed by atoms with van der Waals surface area (Å²) < 4.78 is 26.6. The first kappa shape index (κ1) is 13.4. The second-order valence-electron chi connectivity index (χ2n) is 4.26. The van der Waals surface area contributed by atoms with Crippen LogP contribution < -0.4 is 10.6 Å². The van der Waals surface area contributed by atoms with Gasteiger partial charge in [-0.2, -0.15) is 0 Å². The van der Waals surface area contributed by atoms with Crippen LogP contribution in [0, 0.1) is 17.6 Å².